The second kappa shape index (κ2) is 6.14. The maximum absolute atomic E-state index is 5.60. The molecule has 0 bridgehead atoms. The van der Waals surface area contributed by atoms with Gasteiger partial charge in [-0.25, -0.2) is 0 Å². The zero-order chi connectivity index (χ0) is 14.7. The Morgan fingerprint density at radius 2 is 1.70 bits per heavy atom. The summed E-state index contributed by atoms with van der Waals surface area (Å²) in [6, 6.07) is 10.6. The molecule has 0 saturated carbocycles. The normalized spacial score (nSPS) is 14.1. The number of ether oxygens (including phenoxy) is 1. The first-order valence-corrected chi connectivity index (χ1v) is 6.98. The van der Waals surface area contributed by atoms with Crippen LogP contribution in [0.4, 0.5) is 0 Å². The van der Waals surface area contributed by atoms with Gasteiger partial charge in [0.05, 0.1) is 7.11 Å². The standard InChI is InChI=1S/C17H23NO2/c1-11-10-16(14(4)20-11)13(3)18-12(2)15-8-6-7-9-17(15)19-5/h6-10,12-13,18H,1-5H3/t12-,13?/m0/s1. The van der Waals surface area contributed by atoms with Gasteiger partial charge in [0.25, 0.3) is 0 Å². The molecular weight excluding hydrogens is 250 g/mol. The topological polar surface area (TPSA) is 34.4 Å². The SMILES string of the molecule is COc1ccccc1[C@H](C)NC(C)c1cc(C)oc1C. The van der Waals surface area contributed by atoms with E-state index < -0.39 is 0 Å². The minimum atomic E-state index is 0.204. The van der Waals surface area contributed by atoms with E-state index in [1.54, 1.807) is 7.11 Å². The van der Waals surface area contributed by atoms with Crippen LogP contribution < -0.4 is 10.1 Å². The van der Waals surface area contributed by atoms with Gasteiger partial charge in [-0.15, -0.1) is 0 Å². The van der Waals surface area contributed by atoms with Crippen molar-refractivity contribution in [1.29, 1.82) is 0 Å². The van der Waals surface area contributed by atoms with Crippen LogP contribution in [0, 0.1) is 13.8 Å². The molecule has 20 heavy (non-hydrogen) atoms. The van der Waals surface area contributed by atoms with Crippen LogP contribution in [-0.4, -0.2) is 7.11 Å². The number of methoxy groups -OCH3 is 1. The first kappa shape index (κ1) is 14.7. The minimum Gasteiger partial charge on any atom is -0.496 e. The summed E-state index contributed by atoms with van der Waals surface area (Å²) in [6.45, 7) is 8.29. The van der Waals surface area contributed by atoms with E-state index in [1.165, 1.54) is 11.1 Å². The first-order chi connectivity index (χ1) is 9.52. The minimum absolute atomic E-state index is 0.204. The lowest BCUT2D eigenvalue weighted by Gasteiger charge is -2.21. The molecule has 0 fully saturated rings. The highest BCUT2D eigenvalue weighted by Crippen LogP contribution is 2.28. The van der Waals surface area contributed by atoms with Crippen LogP contribution in [0.25, 0.3) is 0 Å². The van der Waals surface area contributed by atoms with Gasteiger partial charge in [-0.1, -0.05) is 18.2 Å². The van der Waals surface area contributed by atoms with E-state index in [4.69, 9.17) is 9.15 Å². The highest BCUT2D eigenvalue weighted by Gasteiger charge is 2.17. The van der Waals surface area contributed by atoms with Crippen LogP contribution in [0.2, 0.25) is 0 Å². The summed E-state index contributed by atoms with van der Waals surface area (Å²) in [5.41, 5.74) is 2.38. The molecule has 1 aromatic carbocycles. The Morgan fingerprint density at radius 1 is 1.05 bits per heavy atom. The van der Waals surface area contributed by atoms with Gasteiger partial charge in [0.2, 0.25) is 0 Å². The Morgan fingerprint density at radius 3 is 2.30 bits per heavy atom. The van der Waals surface area contributed by atoms with Crippen molar-refractivity contribution in [3.63, 3.8) is 0 Å². The van der Waals surface area contributed by atoms with E-state index >= 15 is 0 Å². The molecule has 0 saturated heterocycles. The average Bonchev–Trinajstić information content (AvgIpc) is 2.77. The van der Waals surface area contributed by atoms with Crippen molar-refractivity contribution >= 4 is 0 Å². The van der Waals surface area contributed by atoms with Gasteiger partial charge >= 0.3 is 0 Å². The molecule has 2 aromatic rings. The highest BCUT2D eigenvalue weighted by molar-refractivity contribution is 5.36. The van der Waals surface area contributed by atoms with E-state index in [-0.39, 0.29) is 12.1 Å². The molecule has 0 spiro atoms. The molecule has 0 amide bonds. The lowest BCUT2D eigenvalue weighted by Crippen LogP contribution is -2.23. The van der Waals surface area contributed by atoms with Gasteiger partial charge in [-0.3, -0.25) is 0 Å². The molecule has 0 aliphatic heterocycles. The van der Waals surface area contributed by atoms with Gasteiger partial charge in [0.15, 0.2) is 0 Å². The third kappa shape index (κ3) is 3.05. The third-order valence-electron chi connectivity index (χ3n) is 3.65. The van der Waals surface area contributed by atoms with Crippen LogP contribution >= 0.6 is 0 Å². The molecule has 1 heterocycles. The quantitative estimate of drug-likeness (QED) is 0.881. The predicted molar refractivity (Wildman–Crippen MR) is 81.1 cm³/mol. The zero-order valence-electron chi connectivity index (χ0n) is 12.9. The maximum Gasteiger partial charge on any atom is 0.123 e. The van der Waals surface area contributed by atoms with Gasteiger partial charge in [-0.05, 0) is 39.8 Å². The van der Waals surface area contributed by atoms with Crippen molar-refractivity contribution in [2.75, 3.05) is 7.11 Å². The highest BCUT2D eigenvalue weighted by atomic mass is 16.5. The fraction of sp³-hybridized carbons (Fsp3) is 0.412. The van der Waals surface area contributed by atoms with Crippen LogP contribution in [-0.2, 0) is 0 Å². The second-order valence-corrected chi connectivity index (χ2v) is 5.22. The van der Waals surface area contributed by atoms with Gasteiger partial charge in [-0.2, -0.15) is 0 Å². The molecule has 1 unspecified atom stereocenters. The molecule has 2 rings (SSSR count). The van der Waals surface area contributed by atoms with E-state index in [0.29, 0.717) is 0 Å². The smallest absolute Gasteiger partial charge is 0.123 e. The summed E-state index contributed by atoms with van der Waals surface area (Å²) in [5.74, 6) is 2.85. The van der Waals surface area contributed by atoms with Crippen LogP contribution in [0.3, 0.4) is 0 Å². The number of hydrogen-bond acceptors (Lipinski definition) is 3. The van der Waals surface area contributed by atoms with Crippen molar-refractivity contribution in [2.24, 2.45) is 0 Å². The summed E-state index contributed by atoms with van der Waals surface area (Å²) in [7, 11) is 1.71. The Balaban J connectivity index is 2.15. The van der Waals surface area contributed by atoms with Gasteiger partial charge in [0.1, 0.15) is 17.3 Å². The summed E-state index contributed by atoms with van der Waals surface area (Å²) in [5, 5.41) is 3.60. The van der Waals surface area contributed by atoms with E-state index in [0.717, 1.165) is 17.3 Å². The van der Waals surface area contributed by atoms with Crippen molar-refractivity contribution in [3.8, 4) is 5.75 Å². The molecular formula is C17H23NO2. The Kier molecular flexibility index (Phi) is 4.50. The van der Waals surface area contributed by atoms with Crippen molar-refractivity contribution in [1.82, 2.24) is 5.32 Å². The predicted octanol–water partition coefficient (Wildman–Crippen LogP) is 4.32. The number of hydrogen-bond donors (Lipinski definition) is 1. The molecule has 0 aliphatic carbocycles. The average molecular weight is 273 g/mol. The largest absolute Gasteiger partial charge is 0.496 e. The molecule has 3 nitrogen and oxygen atoms in total. The Labute approximate surface area is 121 Å². The third-order valence-corrected chi connectivity index (χ3v) is 3.65. The van der Waals surface area contributed by atoms with Crippen molar-refractivity contribution in [2.45, 2.75) is 39.8 Å². The van der Waals surface area contributed by atoms with Gasteiger partial charge in [0, 0.05) is 23.2 Å². The molecule has 1 aromatic heterocycles. The molecule has 3 heteroatoms. The number of para-hydroxylation sites is 1. The second-order valence-electron chi connectivity index (χ2n) is 5.22. The summed E-state index contributed by atoms with van der Waals surface area (Å²) < 4.78 is 11.0. The molecule has 0 radical (unpaired) electrons. The lowest BCUT2D eigenvalue weighted by molar-refractivity contribution is 0.396. The van der Waals surface area contributed by atoms with E-state index in [2.05, 4.69) is 31.3 Å². The fourth-order valence-corrected chi connectivity index (χ4v) is 2.66. The van der Waals surface area contributed by atoms with E-state index in [1.807, 2.05) is 32.0 Å². The van der Waals surface area contributed by atoms with Gasteiger partial charge < -0.3 is 14.5 Å². The van der Waals surface area contributed by atoms with Crippen LogP contribution in [0.15, 0.2) is 34.7 Å². The Bertz CT molecular complexity index is 574. The van der Waals surface area contributed by atoms with Crippen molar-refractivity contribution < 1.29 is 9.15 Å². The van der Waals surface area contributed by atoms with E-state index in [9.17, 15) is 0 Å². The fourth-order valence-electron chi connectivity index (χ4n) is 2.66. The number of nitrogens with one attached hydrogen (secondary N) is 1. The zero-order valence-corrected chi connectivity index (χ0v) is 12.9. The number of rotatable bonds is 5. The summed E-state index contributed by atoms with van der Waals surface area (Å²) >= 11 is 0. The Hall–Kier alpha value is -1.74. The molecule has 1 N–H and O–H groups in total. The molecule has 0 aliphatic rings. The molecule has 2 atom stereocenters. The maximum atomic E-state index is 5.60. The summed E-state index contributed by atoms with van der Waals surface area (Å²) in [4.78, 5) is 0. The van der Waals surface area contributed by atoms with Crippen LogP contribution in [0.1, 0.15) is 48.6 Å². The molecule has 108 valence electrons. The number of aryl methyl sites for hydroxylation is 2. The monoisotopic (exact) mass is 273 g/mol. The van der Waals surface area contributed by atoms with Crippen LogP contribution in [0.5, 0.6) is 5.75 Å². The first-order valence-electron chi connectivity index (χ1n) is 6.98. The number of benzene rings is 1. The van der Waals surface area contributed by atoms with Crippen molar-refractivity contribution in [3.05, 3.63) is 53.0 Å². The number of furan rings is 1. The summed E-state index contributed by atoms with van der Waals surface area (Å²) in [6.07, 6.45) is 0. The lowest BCUT2D eigenvalue weighted by atomic mass is 10.0.